The van der Waals surface area contributed by atoms with Crippen molar-refractivity contribution in [3.8, 4) is 0 Å². The van der Waals surface area contributed by atoms with Gasteiger partial charge in [-0.15, -0.1) is 0 Å². The zero-order valence-electron chi connectivity index (χ0n) is 14.7. The number of likely N-dealkylation sites (tertiary alicyclic amines) is 1. The van der Waals surface area contributed by atoms with Crippen molar-refractivity contribution in [2.24, 2.45) is 11.8 Å². The molecule has 5 heteroatoms. The van der Waals surface area contributed by atoms with Crippen molar-refractivity contribution in [2.45, 2.75) is 45.6 Å². The number of hydrogen-bond donors (Lipinski definition) is 1. The molecule has 5 nitrogen and oxygen atoms in total. The molecule has 1 aliphatic carbocycles. The van der Waals surface area contributed by atoms with Crippen molar-refractivity contribution in [1.82, 2.24) is 15.1 Å². The van der Waals surface area contributed by atoms with E-state index in [1.807, 2.05) is 27.8 Å². The third-order valence-electron chi connectivity index (χ3n) is 4.39. The number of ether oxygens (including phenoxy) is 1. The first-order chi connectivity index (χ1) is 10.3. The molecule has 0 spiro atoms. The lowest BCUT2D eigenvalue weighted by molar-refractivity contribution is 0.0286. The van der Waals surface area contributed by atoms with Crippen LogP contribution in [0.2, 0.25) is 0 Å². The molecule has 1 aliphatic heterocycles. The second kappa shape index (κ2) is 7.64. The van der Waals surface area contributed by atoms with E-state index in [9.17, 15) is 4.79 Å². The van der Waals surface area contributed by atoms with Gasteiger partial charge in [-0.3, -0.25) is 0 Å². The van der Waals surface area contributed by atoms with Gasteiger partial charge in [-0.1, -0.05) is 0 Å². The van der Waals surface area contributed by atoms with Crippen molar-refractivity contribution in [2.75, 3.05) is 46.3 Å². The van der Waals surface area contributed by atoms with Gasteiger partial charge in [-0.25, -0.2) is 4.79 Å². The Kier molecular flexibility index (Phi) is 6.09. The summed E-state index contributed by atoms with van der Waals surface area (Å²) in [6.07, 6.45) is 3.88. The van der Waals surface area contributed by atoms with Gasteiger partial charge >= 0.3 is 6.09 Å². The van der Waals surface area contributed by atoms with E-state index >= 15 is 0 Å². The predicted molar refractivity (Wildman–Crippen MR) is 89.0 cm³/mol. The van der Waals surface area contributed by atoms with Crippen LogP contribution >= 0.6 is 0 Å². The third kappa shape index (κ3) is 6.53. The van der Waals surface area contributed by atoms with Crippen molar-refractivity contribution in [3.63, 3.8) is 0 Å². The van der Waals surface area contributed by atoms with E-state index in [4.69, 9.17) is 4.74 Å². The monoisotopic (exact) mass is 311 g/mol. The molecular formula is C17H33N3O2. The number of amides is 1. The summed E-state index contributed by atoms with van der Waals surface area (Å²) in [5, 5.41) is 3.61. The van der Waals surface area contributed by atoms with Gasteiger partial charge in [0.25, 0.3) is 0 Å². The van der Waals surface area contributed by atoms with Crippen LogP contribution in [0.5, 0.6) is 0 Å². The lowest BCUT2D eigenvalue weighted by Crippen LogP contribution is -2.39. The van der Waals surface area contributed by atoms with Crippen LogP contribution in [0.25, 0.3) is 0 Å². The van der Waals surface area contributed by atoms with Crippen LogP contribution in [-0.2, 0) is 4.74 Å². The average molecular weight is 311 g/mol. The molecule has 22 heavy (non-hydrogen) atoms. The fourth-order valence-corrected chi connectivity index (χ4v) is 2.82. The molecule has 128 valence electrons. The third-order valence-corrected chi connectivity index (χ3v) is 4.39. The Morgan fingerprint density at radius 3 is 2.55 bits per heavy atom. The van der Waals surface area contributed by atoms with Gasteiger partial charge in [0.2, 0.25) is 0 Å². The van der Waals surface area contributed by atoms with Crippen LogP contribution in [0.3, 0.4) is 0 Å². The minimum atomic E-state index is -0.419. The zero-order chi connectivity index (χ0) is 16.2. The Labute approximate surface area is 135 Å². The van der Waals surface area contributed by atoms with Crippen molar-refractivity contribution < 1.29 is 9.53 Å². The predicted octanol–water partition coefficient (Wildman–Crippen LogP) is 2.17. The van der Waals surface area contributed by atoms with Crippen LogP contribution in [-0.4, -0.2) is 67.8 Å². The largest absolute Gasteiger partial charge is 0.444 e. The van der Waals surface area contributed by atoms with Crippen LogP contribution in [0, 0.1) is 11.8 Å². The summed E-state index contributed by atoms with van der Waals surface area (Å²) in [6, 6.07) is 0. The number of nitrogens with zero attached hydrogens (tertiary/aromatic N) is 2. The molecule has 1 saturated heterocycles. The molecule has 2 fully saturated rings. The summed E-state index contributed by atoms with van der Waals surface area (Å²) < 4.78 is 5.38. The van der Waals surface area contributed by atoms with E-state index in [0.29, 0.717) is 0 Å². The van der Waals surface area contributed by atoms with Gasteiger partial charge in [0.05, 0.1) is 0 Å². The smallest absolute Gasteiger partial charge is 0.410 e. The molecule has 1 amide bonds. The Balaban J connectivity index is 1.57. The lowest BCUT2D eigenvalue weighted by atomic mass is 10.1. The molecule has 2 rings (SSSR count). The Bertz CT molecular complexity index is 363. The summed E-state index contributed by atoms with van der Waals surface area (Å²) in [5.74, 6) is 1.73. The highest BCUT2D eigenvalue weighted by Crippen LogP contribution is 2.27. The van der Waals surface area contributed by atoms with Crippen LogP contribution < -0.4 is 5.32 Å². The fourth-order valence-electron chi connectivity index (χ4n) is 2.82. The molecular weight excluding hydrogens is 278 g/mol. The Hall–Kier alpha value is -0.810. The normalized spacial score (nSPS) is 22.8. The van der Waals surface area contributed by atoms with Crippen molar-refractivity contribution in [3.05, 3.63) is 0 Å². The molecule has 0 aromatic heterocycles. The number of hydrogen-bond acceptors (Lipinski definition) is 4. The Morgan fingerprint density at radius 1 is 1.23 bits per heavy atom. The maximum absolute atomic E-state index is 11.9. The van der Waals surface area contributed by atoms with E-state index in [1.54, 1.807) is 4.90 Å². The number of carbonyl (C=O) groups is 1. The van der Waals surface area contributed by atoms with Gasteiger partial charge in [-0.2, -0.15) is 0 Å². The number of carbonyl (C=O) groups excluding carboxylic acids is 1. The first-order valence-corrected chi connectivity index (χ1v) is 8.70. The zero-order valence-corrected chi connectivity index (χ0v) is 14.7. The van der Waals surface area contributed by atoms with Crippen LogP contribution in [0.1, 0.15) is 40.0 Å². The van der Waals surface area contributed by atoms with E-state index in [-0.39, 0.29) is 6.09 Å². The number of nitrogens with one attached hydrogen (secondary N) is 1. The van der Waals surface area contributed by atoms with E-state index < -0.39 is 5.60 Å². The highest BCUT2D eigenvalue weighted by molar-refractivity contribution is 5.67. The first kappa shape index (κ1) is 17.5. The standard InChI is InChI=1S/C17H33N3O2/c1-17(2,3)22-16(21)19(4)9-10-20-8-7-15(13-20)12-18-11-14-5-6-14/h14-15,18H,5-13H2,1-4H3. The highest BCUT2D eigenvalue weighted by Gasteiger charge is 2.25. The van der Waals surface area contributed by atoms with Crippen LogP contribution in [0.15, 0.2) is 0 Å². The summed E-state index contributed by atoms with van der Waals surface area (Å²) >= 11 is 0. The molecule has 1 atom stereocenters. The van der Waals surface area contributed by atoms with Gasteiger partial charge in [0.1, 0.15) is 5.60 Å². The second-order valence-electron chi connectivity index (χ2n) is 7.96. The maximum atomic E-state index is 11.9. The molecule has 1 N–H and O–H groups in total. The second-order valence-corrected chi connectivity index (χ2v) is 7.96. The number of likely N-dealkylation sites (N-methyl/N-ethyl adjacent to an activating group) is 1. The lowest BCUT2D eigenvalue weighted by Gasteiger charge is -2.26. The SMILES string of the molecule is CN(CCN1CCC(CNCC2CC2)C1)C(=O)OC(C)(C)C. The molecule has 1 saturated carbocycles. The molecule has 0 bridgehead atoms. The molecule has 2 aliphatic rings. The van der Waals surface area contributed by atoms with Gasteiger partial charge < -0.3 is 19.9 Å². The van der Waals surface area contributed by atoms with Gasteiger partial charge in [-0.05, 0) is 71.5 Å². The topological polar surface area (TPSA) is 44.8 Å². The Morgan fingerprint density at radius 2 is 1.91 bits per heavy atom. The van der Waals surface area contributed by atoms with E-state index in [1.165, 1.54) is 25.8 Å². The molecule has 0 radical (unpaired) electrons. The molecule has 0 aromatic rings. The fraction of sp³-hybridized carbons (Fsp3) is 0.941. The summed E-state index contributed by atoms with van der Waals surface area (Å²) in [4.78, 5) is 16.1. The molecule has 1 heterocycles. The first-order valence-electron chi connectivity index (χ1n) is 8.70. The van der Waals surface area contributed by atoms with Crippen molar-refractivity contribution >= 4 is 6.09 Å². The minimum absolute atomic E-state index is 0.227. The molecule has 1 unspecified atom stereocenters. The number of rotatable bonds is 7. The average Bonchev–Trinajstić information content (AvgIpc) is 3.12. The van der Waals surface area contributed by atoms with Crippen molar-refractivity contribution in [1.29, 1.82) is 0 Å². The summed E-state index contributed by atoms with van der Waals surface area (Å²) in [7, 11) is 1.82. The van der Waals surface area contributed by atoms with Crippen LogP contribution in [0.4, 0.5) is 4.79 Å². The van der Waals surface area contributed by atoms with Gasteiger partial charge in [0.15, 0.2) is 0 Å². The highest BCUT2D eigenvalue weighted by atomic mass is 16.6. The van der Waals surface area contributed by atoms with E-state index in [2.05, 4.69) is 10.2 Å². The quantitative estimate of drug-likeness (QED) is 0.783. The minimum Gasteiger partial charge on any atom is -0.444 e. The van der Waals surface area contributed by atoms with E-state index in [0.717, 1.165) is 44.6 Å². The summed E-state index contributed by atoms with van der Waals surface area (Å²) in [5.41, 5.74) is -0.419. The maximum Gasteiger partial charge on any atom is 0.410 e. The molecule has 0 aromatic carbocycles. The summed E-state index contributed by atoms with van der Waals surface area (Å²) in [6.45, 7) is 12.0. The van der Waals surface area contributed by atoms with Gasteiger partial charge in [0, 0.05) is 26.7 Å².